The summed E-state index contributed by atoms with van der Waals surface area (Å²) >= 11 is 0. The number of carbonyl (C=O) groups excluding carboxylic acids is 2. The van der Waals surface area contributed by atoms with Crippen LogP contribution in [0.15, 0.2) is 17.1 Å². The van der Waals surface area contributed by atoms with E-state index in [-0.39, 0.29) is 5.96 Å². The zero-order chi connectivity index (χ0) is 19.0. The first-order valence-electron chi connectivity index (χ1n) is 8.01. The molecule has 0 radical (unpaired) electrons. The van der Waals surface area contributed by atoms with Gasteiger partial charge in [0, 0.05) is 6.54 Å². The van der Waals surface area contributed by atoms with Crippen LogP contribution in [-0.2, 0) is 9.47 Å². The molecule has 0 spiro atoms. The Labute approximate surface area is 144 Å². The molecule has 0 heterocycles. The lowest BCUT2D eigenvalue weighted by atomic mass is 10.2. The molecule has 0 aliphatic rings. The van der Waals surface area contributed by atoms with Crippen molar-refractivity contribution in [2.45, 2.75) is 66.6 Å². The van der Waals surface area contributed by atoms with Crippen molar-refractivity contribution in [3.8, 4) is 0 Å². The van der Waals surface area contributed by atoms with Gasteiger partial charge in [0.2, 0.25) is 5.96 Å². The minimum Gasteiger partial charge on any atom is -0.444 e. The summed E-state index contributed by atoms with van der Waals surface area (Å²) in [5.74, 6) is 0.378. The second-order valence-corrected chi connectivity index (χ2v) is 7.62. The predicted molar refractivity (Wildman–Crippen MR) is 95.0 cm³/mol. The molecular formula is C17H31N3O4. The highest BCUT2D eigenvalue weighted by Gasteiger charge is 2.19. The van der Waals surface area contributed by atoms with Crippen LogP contribution < -0.4 is 10.6 Å². The van der Waals surface area contributed by atoms with Crippen LogP contribution in [0.2, 0.25) is 0 Å². The topological polar surface area (TPSA) is 89.0 Å². The van der Waals surface area contributed by atoms with Gasteiger partial charge in [-0.1, -0.05) is 26.0 Å². The largest absolute Gasteiger partial charge is 0.444 e. The quantitative estimate of drug-likeness (QED) is 0.465. The third kappa shape index (κ3) is 13.6. The Kier molecular flexibility index (Phi) is 8.50. The molecule has 7 heteroatoms. The van der Waals surface area contributed by atoms with Crippen molar-refractivity contribution in [3.05, 3.63) is 12.2 Å². The van der Waals surface area contributed by atoms with Crippen LogP contribution in [0.3, 0.4) is 0 Å². The van der Waals surface area contributed by atoms with Crippen LogP contribution in [0.25, 0.3) is 0 Å². The number of carbonyl (C=O) groups is 2. The number of ether oxygens (including phenoxy) is 2. The molecule has 2 N–H and O–H groups in total. The Bertz CT molecular complexity index is 483. The molecule has 0 aliphatic heterocycles. The van der Waals surface area contributed by atoms with Gasteiger partial charge in [-0.25, -0.2) is 9.59 Å². The summed E-state index contributed by atoms with van der Waals surface area (Å²) in [6.07, 6.45) is 2.37. The van der Waals surface area contributed by atoms with Gasteiger partial charge in [-0.15, -0.1) is 4.99 Å². The maximum Gasteiger partial charge on any atom is 0.437 e. The zero-order valence-electron chi connectivity index (χ0n) is 16.0. The fraction of sp³-hybridized carbons (Fsp3) is 0.706. The Morgan fingerprint density at radius 2 is 1.58 bits per heavy atom. The summed E-state index contributed by atoms with van der Waals surface area (Å²) in [6.45, 7) is 14.9. The van der Waals surface area contributed by atoms with Gasteiger partial charge >= 0.3 is 12.2 Å². The lowest BCUT2D eigenvalue weighted by molar-refractivity contribution is 0.0560. The summed E-state index contributed by atoms with van der Waals surface area (Å²) in [5, 5.41) is 5.28. The number of alkyl carbamates (subject to hydrolysis) is 1. The standard InChI is InChI=1S/C17H31N3O4/c1-12(2)10-9-11-18-13(19-14(21)23-16(3,4)5)20-15(22)24-17(6,7)8/h9-10,12H,11H2,1-8H3,(H2,18,19,20,21,22)/b10-9+. The minimum absolute atomic E-state index is 0.0214. The van der Waals surface area contributed by atoms with Crippen LogP contribution >= 0.6 is 0 Å². The molecular weight excluding hydrogens is 310 g/mol. The number of allylic oxidation sites excluding steroid dienone is 1. The van der Waals surface area contributed by atoms with E-state index in [0.717, 1.165) is 0 Å². The number of amides is 2. The van der Waals surface area contributed by atoms with E-state index >= 15 is 0 Å². The van der Waals surface area contributed by atoms with E-state index in [0.29, 0.717) is 12.5 Å². The number of nitrogens with one attached hydrogen (secondary N) is 2. The number of hydrogen-bond acceptors (Lipinski definition) is 4. The number of guanidine groups is 1. The van der Waals surface area contributed by atoms with Gasteiger partial charge in [0.25, 0.3) is 0 Å². The van der Waals surface area contributed by atoms with Crippen LogP contribution in [0.5, 0.6) is 0 Å². The van der Waals surface area contributed by atoms with Gasteiger partial charge in [-0.05, 0) is 47.5 Å². The molecule has 0 saturated carbocycles. The lowest BCUT2D eigenvalue weighted by Gasteiger charge is -2.21. The van der Waals surface area contributed by atoms with Crippen LogP contribution in [0.4, 0.5) is 9.59 Å². The van der Waals surface area contributed by atoms with E-state index in [1.54, 1.807) is 41.5 Å². The zero-order valence-corrected chi connectivity index (χ0v) is 16.0. The van der Waals surface area contributed by atoms with Crippen molar-refractivity contribution in [2.75, 3.05) is 6.54 Å². The van der Waals surface area contributed by atoms with Crippen LogP contribution in [0.1, 0.15) is 55.4 Å². The van der Waals surface area contributed by atoms with Gasteiger partial charge in [0.1, 0.15) is 11.2 Å². The molecule has 0 fully saturated rings. The average Bonchev–Trinajstić information content (AvgIpc) is 2.28. The van der Waals surface area contributed by atoms with Crippen molar-refractivity contribution in [1.29, 1.82) is 0 Å². The Morgan fingerprint density at radius 3 is 2.04 bits per heavy atom. The summed E-state index contributed by atoms with van der Waals surface area (Å²) in [4.78, 5) is 27.4. The Morgan fingerprint density at radius 1 is 1.04 bits per heavy atom. The molecule has 0 bridgehead atoms. The van der Waals surface area contributed by atoms with Crippen molar-refractivity contribution in [2.24, 2.45) is 10.9 Å². The molecule has 0 saturated heterocycles. The maximum absolute atomic E-state index is 11.9. The highest BCUT2D eigenvalue weighted by atomic mass is 16.6. The third-order valence-corrected chi connectivity index (χ3v) is 2.12. The van der Waals surface area contributed by atoms with E-state index in [1.165, 1.54) is 0 Å². The maximum atomic E-state index is 11.9. The molecule has 0 aliphatic carbocycles. The third-order valence-electron chi connectivity index (χ3n) is 2.12. The first-order chi connectivity index (χ1) is 10.8. The monoisotopic (exact) mass is 341 g/mol. The minimum atomic E-state index is -0.797. The van der Waals surface area contributed by atoms with Gasteiger partial charge in [0.05, 0.1) is 0 Å². The summed E-state index contributed by atoms with van der Waals surface area (Å²) < 4.78 is 10.3. The van der Waals surface area contributed by atoms with Crippen molar-refractivity contribution < 1.29 is 19.1 Å². The van der Waals surface area contributed by atoms with Crippen LogP contribution in [0, 0.1) is 5.92 Å². The molecule has 0 atom stereocenters. The second kappa shape index (κ2) is 9.30. The fourth-order valence-electron chi connectivity index (χ4n) is 1.38. The molecule has 0 aromatic rings. The molecule has 24 heavy (non-hydrogen) atoms. The van der Waals surface area contributed by atoms with E-state index in [9.17, 15) is 9.59 Å². The van der Waals surface area contributed by atoms with Gasteiger partial charge in [-0.3, -0.25) is 5.32 Å². The number of aliphatic imine (C=N–C) groups is 1. The smallest absolute Gasteiger partial charge is 0.437 e. The second-order valence-electron chi connectivity index (χ2n) is 7.62. The Balaban J connectivity index is 4.94. The fourth-order valence-corrected chi connectivity index (χ4v) is 1.38. The molecule has 7 nitrogen and oxygen atoms in total. The predicted octanol–water partition coefficient (Wildman–Crippen LogP) is 3.60. The molecule has 0 unspecified atom stereocenters. The first kappa shape index (κ1) is 21.9. The van der Waals surface area contributed by atoms with Crippen molar-refractivity contribution in [3.63, 3.8) is 0 Å². The summed E-state index contributed by atoms with van der Waals surface area (Å²) in [6, 6.07) is 0. The molecule has 0 aromatic heterocycles. The normalized spacial score (nSPS) is 13.1. The Hall–Kier alpha value is -2.05. The van der Waals surface area contributed by atoms with Crippen LogP contribution in [-0.4, -0.2) is 35.9 Å². The average molecular weight is 341 g/mol. The molecule has 2 amide bonds. The molecule has 0 rings (SSSR count). The highest BCUT2D eigenvalue weighted by Crippen LogP contribution is 2.08. The summed E-state index contributed by atoms with van der Waals surface area (Å²) in [7, 11) is 0. The van der Waals surface area contributed by atoms with Gasteiger partial charge < -0.3 is 14.8 Å². The van der Waals surface area contributed by atoms with E-state index < -0.39 is 23.4 Å². The first-order valence-corrected chi connectivity index (χ1v) is 8.01. The molecule has 138 valence electrons. The van der Waals surface area contributed by atoms with Crippen molar-refractivity contribution in [1.82, 2.24) is 10.6 Å². The SMILES string of the molecule is CC(C)/C=C/CN/C(=N/C(=O)OC(C)(C)C)NC(=O)OC(C)(C)C. The highest BCUT2D eigenvalue weighted by molar-refractivity contribution is 5.98. The number of rotatable bonds is 3. The molecule has 0 aromatic carbocycles. The van der Waals surface area contributed by atoms with Crippen molar-refractivity contribution >= 4 is 18.1 Å². The number of hydrogen-bond donors (Lipinski definition) is 2. The van der Waals surface area contributed by atoms with E-state index in [4.69, 9.17) is 9.47 Å². The van der Waals surface area contributed by atoms with E-state index in [2.05, 4.69) is 15.6 Å². The lowest BCUT2D eigenvalue weighted by Crippen LogP contribution is -2.44. The number of nitrogens with zero attached hydrogens (tertiary/aromatic N) is 1. The summed E-state index contributed by atoms with van der Waals surface area (Å²) in [5.41, 5.74) is -1.33. The van der Waals surface area contributed by atoms with Gasteiger partial charge in [0.15, 0.2) is 0 Å². The van der Waals surface area contributed by atoms with Gasteiger partial charge in [-0.2, -0.15) is 0 Å². The van der Waals surface area contributed by atoms with E-state index in [1.807, 2.05) is 26.0 Å².